The van der Waals surface area contributed by atoms with Crippen LogP contribution in [0.15, 0.2) is 18.2 Å². The van der Waals surface area contributed by atoms with Crippen molar-refractivity contribution < 1.29 is 14.8 Å². The van der Waals surface area contributed by atoms with E-state index in [4.69, 9.17) is 14.8 Å². The van der Waals surface area contributed by atoms with Gasteiger partial charge in [-0.25, -0.2) is 4.52 Å². The molecular weight excluding hydrogens is 195 g/mol. The fourth-order valence-electron chi connectivity index (χ4n) is 1.51. The topological polar surface area (TPSA) is 67.0 Å². The lowest BCUT2D eigenvalue weighted by atomic mass is 9.81. The number of fused-ring (bicyclic) bond motifs is 1. The Morgan fingerprint density at radius 2 is 2.07 bits per heavy atom. The molecule has 2 heterocycles. The molecule has 2 aromatic rings. The van der Waals surface area contributed by atoms with Crippen LogP contribution in [-0.2, 0) is 0 Å². The Balaban J connectivity index is 2.70. The first kappa shape index (κ1) is 10.0. The molecule has 78 valence electrons. The van der Waals surface area contributed by atoms with Gasteiger partial charge in [-0.15, -0.1) is 0 Å². The lowest BCUT2D eigenvalue weighted by Crippen LogP contribution is -2.30. The van der Waals surface area contributed by atoms with Crippen LogP contribution in [0.5, 0.6) is 5.88 Å². The summed E-state index contributed by atoms with van der Waals surface area (Å²) < 4.78 is 6.72. The maximum Gasteiger partial charge on any atom is 0.488 e. The molecule has 15 heavy (non-hydrogen) atoms. The summed E-state index contributed by atoms with van der Waals surface area (Å²) in [7, 11) is 0.0124. The summed E-state index contributed by atoms with van der Waals surface area (Å²) in [6.45, 7) is 1.86. The molecule has 5 nitrogen and oxygen atoms in total. The van der Waals surface area contributed by atoms with Crippen LogP contribution in [0.1, 0.15) is 5.69 Å². The molecule has 0 fully saturated rings. The quantitative estimate of drug-likeness (QED) is 0.639. The molecule has 0 aromatic carbocycles. The minimum Gasteiger partial charge on any atom is -0.481 e. The second kappa shape index (κ2) is 3.56. The number of pyridine rings is 1. The first-order valence-electron chi connectivity index (χ1n) is 4.52. The van der Waals surface area contributed by atoms with Crippen LogP contribution in [-0.4, -0.2) is 33.9 Å². The van der Waals surface area contributed by atoms with Crippen molar-refractivity contribution in [2.45, 2.75) is 6.92 Å². The molecule has 0 aliphatic heterocycles. The lowest BCUT2D eigenvalue weighted by Gasteiger charge is -2.06. The van der Waals surface area contributed by atoms with Gasteiger partial charge in [-0.1, -0.05) is 0 Å². The maximum atomic E-state index is 9.08. The monoisotopic (exact) mass is 206 g/mol. The van der Waals surface area contributed by atoms with Gasteiger partial charge in [0.05, 0.1) is 18.3 Å². The highest BCUT2D eigenvalue weighted by molar-refractivity contribution is 6.58. The predicted molar refractivity (Wildman–Crippen MR) is 56.3 cm³/mol. The van der Waals surface area contributed by atoms with E-state index in [1.54, 1.807) is 16.6 Å². The molecule has 2 N–H and O–H groups in total. The van der Waals surface area contributed by atoms with Gasteiger partial charge in [0.25, 0.3) is 0 Å². The molecular formula is C9H11BN2O3. The van der Waals surface area contributed by atoms with E-state index in [1.807, 2.05) is 13.0 Å². The number of rotatable bonds is 2. The van der Waals surface area contributed by atoms with Crippen molar-refractivity contribution >= 4 is 18.1 Å². The maximum absolute atomic E-state index is 9.08. The summed E-state index contributed by atoms with van der Waals surface area (Å²) in [5.74, 6) is 0.476. The molecule has 0 saturated heterocycles. The van der Waals surface area contributed by atoms with Crippen molar-refractivity contribution in [3.05, 3.63) is 23.9 Å². The van der Waals surface area contributed by atoms with E-state index in [-0.39, 0.29) is 0 Å². The van der Waals surface area contributed by atoms with Gasteiger partial charge in [-0.3, -0.25) is 0 Å². The summed E-state index contributed by atoms with van der Waals surface area (Å²) in [4.78, 5) is 0. The average Bonchev–Trinajstić information content (AvgIpc) is 2.56. The summed E-state index contributed by atoms with van der Waals surface area (Å²) in [5, 5.41) is 22.4. The molecule has 2 rings (SSSR count). The van der Waals surface area contributed by atoms with Gasteiger partial charge in [-0.05, 0) is 24.5 Å². The summed E-state index contributed by atoms with van der Waals surface area (Å²) >= 11 is 0. The number of hydrogen-bond donors (Lipinski definition) is 2. The summed E-state index contributed by atoms with van der Waals surface area (Å²) in [6.07, 6.45) is 0. The van der Waals surface area contributed by atoms with Crippen molar-refractivity contribution in [2.75, 3.05) is 7.11 Å². The Bertz CT molecular complexity index is 495. The highest BCUT2D eigenvalue weighted by Gasteiger charge is 2.15. The number of aryl methyl sites for hydroxylation is 1. The first-order valence-corrected chi connectivity index (χ1v) is 4.52. The van der Waals surface area contributed by atoms with Crippen LogP contribution in [0, 0.1) is 6.92 Å². The van der Waals surface area contributed by atoms with Gasteiger partial charge < -0.3 is 14.8 Å². The fraction of sp³-hybridized carbons (Fsp3) is 0.222. The van der Waals surface area contributed by atoms with E-state index < -0.39 is 7.12 Å². The van der Waals surface area contributed by atoms with Crippen LogP contribution in [0.3, 0.4) is 0 Å². The molecule has 0 bridgehead atoms. The van der Waals surface area contributed by atoms with Crippen LogP contribution >= 0.6 is 0 Å². The van der Waals surface area contributed by atoms with E-state index in [9.17, 15) is 0 Å². The zero-order valence-corrected chi connectivity index (χ0v) is 8.51. The largest absolute Gasteiger partial charge is 0.488 e. The Morgan fingerprint density at radius 3 is 2.67 bits per heavy atom. The van der Waals surface area contributed by atoms with Crippen molar-refractivity contribution in [3.8, 4) is 5.88 Å². The number of methoxy groups -OCH3 is 1. The van der Waals surface area contributed by atoms with E-state index >= 15 is 0 Å². The molecule has 6 heteroatoms. The molecule has 0 unspecified atom stereocenters. The zero-order valence-electron chi connectivity index (χ0n) is 8.51. The third-order valence-electron chi connectivity index (χ3n) is 2.18. The standard InChI is InChI=1S/C9H11BN2O3/c1-6-3-8-4-7(10(13)14)5-9(15-2)12(8)11-6/h3-5,13-14H,1-2H3. The third-order valence-corrected chi connectivity index (χ3v) is 2.18. The number of ether oxygens (including phenoxy) is 1. The molecule has 0 aliphatic rings. The van der Waals surface area contributed by atoms with Gasteiger partial charge in [0.1, 0.15) is 0 Å². The highest BCUT2D eigenvalue weighted by Crippen LogP contribution is 2.13. The van der Waals surface area contributed by atoms with Crippen LogP contribution < -0.4 is 10.2 Å². The molecule has 0 amide bonds. The Morgan fingerprint density at radius 1 is 1.33 bits per heavy atom. The van der Waals surface area contributed by atoms with E-state index in [0.29, 0.717) is 11.3 Å². The molecule has 0 radical (unpaired) electrons. The van der Waals surface area contributed by atoms with Crippen LogP contribution in [0.4, 0.5) is 0 Å². The Hall–Kier alpha value is -1.53. The van der Waals surface area contributed by atoms with Crippen LogP contribution in [0.25, 0.3) is 5.52 Å². The molecule has 0 spiro atoms. The van der Waals surface area contributed by atoms with Crippen molar-refractivity contribution in [2.24, 2.45) is 0 Å². The number of aromatic nitrogens is 2. The smallest absolute Gasteiger partial charge is 0.481 e. The minimum atomic E-state index is -1.50. The first-order chi connectivity index (χ1) is 7.11. The molecule has 0 atom stereocenters. The second-order valence-corrected chi connectivity index (χ2v) is 3.33. The van der Waals surface area contributed by atoms with E-state index in [2.05, 4.69) is 5.10 Å². The van der Waals surface area contributed by atoms with Crippen molar-refractivity contribution in [1.82, 2.24) is 9.61 Å². The SMILES string of the molecule is COc1cc(B(O)O)cc2cc(C)nn12. The second-order valence-electron chi connectivity index (χ2n) is 3.33. The number of hydrogen-bond acceptors (Lipinski definition) is 4. The molecule has 2 aromatic heterocycles. The summed E-state index contributed by atoms with van der Waals surface area (Å²) in [5.41, 5.74) is 2.01. The minimum absolute atomic E-state index is 0.388. The van der Waals surface area contributed by atoms with Gasteiger partial charge in [0, 0.05) is 6.07 Å². The Kier molecular flexibility index (Phi) is 2.38. The van der Waals surface area contributed by atoms with Gasteiger partial charge >= 0.3 is 7.12 Å². The Labute approximate surface area is 87.1 Å². The normalized spacial score (nSPS) is 10.7. The zero-order chi connectivity index (χ0) is 11.0. The molecule has 0 aliphatic carbocycles. The average molecular weight is 206 g/mol. The molecule has 0 saturated carbocycles. The van der Waals surface area contributed by atoms with Crippen molar-refractivity contribution in [1.29, 1.82) is 0 Å². The van der Waals surface area contributed by atoms with Gasteiger partial charge in [0.15, 0.2) is 0 Å². The predicted octanol–water partition coefficient (Wildman–Crippen LogP) is -0.669. The van der Waals surface area contributed by atoms with Crippen LogP contribution in [0.2, 0.25) is 0 Å². The van der Waals surface area contributed by atoms with Gasteiger partial charge in [0.2, 0.25) is 5.88 Å². The summed E-state index contributed by atoms with van der Waals surface area (Å²) in [6, 6.07) is 5.05. The number of nitrogens with zero attached hydrogens (tertiary/aromatic N) is 2. The lowest BCUT2D eigenvalue weighted by molar-refractivity contribution is 0.384. The fourth-order valence-corrected chi connectivity index (χ4v) is 1.51. The highest BCUT2D eigenvalue weighted by atomic mass is 16.5. The third kappa shape index (κ3) is 1.69. The van der Waals surface area contributed by atoms with Crippen molar-refractivity contribution in [3.63, 3.8) is 0 Å². The van der Waals surface area contributed by atoms with E-state index in [0.717, 1.165) is 11.2 Å². The van der Waals surface area contributed by atoms with E-state index in [1.165, 1.54) is 7.11 Å². The van der Waals surface area contributed by atoms with Gasteiger partial charge in [-0.2, -0.15) is 5.10 Å².